The number of aromatic hydroxyl groups is 1. The lowest BCUT2D eigenvalue weighted by atomic mass is 10.00. The van der Waals surface area contributed by atoms with E-state index in [4.69, 9.17) is 9.47 Å². The molecular weight excluding hydrogens is 266 g/mol. The number of methoxy groups -OCH3 is 1. The molecule has 0 saturated heterocycles. The summed E-state index contributed by atoms with van der Waals surface area (Å²) < 4.78 is 11.0. The van der Waals surface area contributed by atoms with E-state index in [-0.39, 0.29) is 6.04 Å². The van der Waals surface area contributed by atoms with Gasteiger partial charge in [-0.15, -0.1) is 0 Å². The van der Waals surface area contributed by atoms with Crippen molar-refractivity contribution in [1.29, 1.82) is 0 Å². The number of rotatable bonds is 4. The van der Waals surface area contributed by atoms with Crippen LogP contribution in [0.4, 0.5) is 0 Å². The molecule has 2 aromatic carbocycles. The molecule has 0 bridgehead atoms. The summed E-state index contributed by atoms with van der Waals surface area (Å²) in [6.07, 6.45) is 0.929. The molecule has 110 valence electrons. The molecule has 1 aliphatic rings. The highest BCUT2D eigenvalue weighted by molar-refractivity contribution is 5.43. The van der Waals surface area contributed by atoms with E-state index in [9.17, 15) is 5.11 Å². The normalized spacial score (nSPS) is 16.9. The van der Waals surface area contributed by atoms with Crippen LogP contribution in [0, 0.1) is 0 Å². The van der Waals surface area contributed by atoms with Gasteiger partial charge in [-0.25, -0.2) is 0 Å². The third kappa shape index (κ3) is 3.11. The Kier molecular flexibility index (Phi) is 3.97. The highest BCUT2D eigenvalue weighted by Crippen LogP contribution is 2.34. The maximum atomic E-state index is 9.31. The summed E-state index contributed by atoms with van der Waals surface area (Å²) in [5.41, 5.74) is 2.28. The Balaban J connectivity index is 1.73. The zero-order valence-corrected chi connectivity index (χ0v) is 12.0. The topological polar surface area (TPSA) is 50.7 Å². The zero-order valence-electron chi connectivity index (χ0n) is 12.0. The van der Waals surface area contributed by atoms with E-state index in [1.807, 2.05) is 30.3 Å². The number of ether oxygens (including phenoxy) is 2. The van der Waals surface area contributed by atoms with Crippen LogP contribution in [0.15, 0.2) is 42.5 Å². The van der Waals surface area contributed by atoms with Crippen molar-refractivity contribution < 1.29 is 14.6 Å². The van der Waals surface area contributed by atoms with Crippen LogP contribution in [0.25, 0.3) is 0 Å². The van der Waals surface area contributed by atoms with E-state index in [2.05, 4.69) is 5.32 Å². The van der Waals surface area contributed by atoms with Crippen molar-refractivity contribution in [3.8, 4) is 17.2 Å². The predicted octanol–water partition coefficient (Wildman–Crippen LogP) is 3.01. The lowest BCUT2D eigenvalue weighted by Gasteiger charge is -2.27. The summed E-state index contributed by atoms with van der Waals surface area (Å²) in [4.78, 5) is 0. The fourth-order valence-electron chi connectivity index (χ4n) is 2.57. The predicted molar refractivity (Wildman–Crippen MR) is 80.8 cm³/mol. The molecule has 0 radical (unpaired) electrons. The number of fused-ring (bicyclic) bond motifs is 1. The standard InChI is InChI=1S/C17H19NO3/c1-20-14-6-7-17-15(10-14)16(8-9-21-17)18-11-12-2-4-13(19)5-3-12/h2-7,10,16,18-19H,8-9,11H2,1H3. The smallest absolute Gasteiger partial charge is 0.124 e. The Morgan fingerprint density at radius 3 is 2.81 bits per heavy atom. The molecule has 3 rings (SSSR count). The van der Waals surface area contributed by atoms with Gasteiger partial charge in [-0.05, 0) is 35.9 Å². The molecule has 0 amide bonds. The number of hydrogen-bond acceptors (Lipinski definition) is 4. The molecule has 0 spiro atoms. The highest BCUT2D eigenvalue weighted by Gasteiger charge is 2.21. The van der Waals surface area contributed by atoms with Crippen LogP contribution >= 0.6 is 0 Å². The molecule has 4 nitrogen and oxygen atoms in total. The molecule has 0 aromatic heterocycles. The molecule has 1 heterocycles. The monoisotopic (exact) mass is 285 g/mol. The van der Waals surface area contributed by atoms with Gasteiger partial charge in [0.2, 0.25) is 0 Å². The third-order valence-corrected chi connectivity index (χ3v) is 3.75. The van der Waals surface area contributed by atoms with Crippen molar-refractivity contribution in [2.45, 2.75) is 19.0 Å². The Morgan fingerprint density at radius 2 is 2.05 bits per heavy atom. The van der Waals surface area contributed by atoms with Gasteiger partial charge in [0, 0.05) is 24.6 Å². The van der Waals surface area contributed by atoms with Gasteiger partial charge >= 0.3 is 0 Å². The number of nitrogens with one attached hydrogen (secondary N) is 1. The summed E-state index contributed by atoms with van der Waals surface area (Å²) in [5, 5.41) is 12.9. The van der Waals surface area contributed by atoms with Crippen LogP contribution in [0.3, 0.4) is 0 Å². The van der Waals surface area contributed by atoms with Crippen molar-refractivity contribution in [1.82, 2.24) is 5.32 Å². The van der Waals surface area contributed by atoms with E-state index >= 15 is 0 Å². The molecule has 2 aromatic rings. The summed E-state index contributed by atoms with van der Waals surface area (Å²) in [5.74, 6) is 2.06. The van der Waals surface area contributed by atoms with Gasteiger partial charge in [-0.3, -0.25) is 0 Å². The number of phenolic OH excluding ortho intramolecular Hbond substituents is 1. The van der Waals surface area contributed by atoms with Crippen molar-refractivity contribution >= 4 is 0 Å². The fourth-order valence-corrected chi connectivity index (χ4v) is 2.57. The Hall–Kier alpha value is -2.20. The summed E-state index contributed by atoms with van der Waals surface area (Å²) >= 11 is 0. The highest BCUT2D eigenvalue weighted by atomic mass is 16.5. The summed E-state index contributed by atoms with van der Waals surface area (Å²) in [6, 6.07) is 13.4. The minimum atomic E-state index is 0.248. The van der Waals surface area contributed by atoms with Crippen molar-refractivity contribution in [3.63, 3.8) is 0 Å². The number of phenols is 1. The maximum Gasteiger partial charge on any atom is 0.124 e. The van der Waals surface area contributed by atoms with Crippen molar-refractivity contribution in [3.05, 3.63) is 53.6 Å². The van der Waals surface area contributed by atoms with Gasteiger partial charge < -0.3 is 19.9 Å². The van der Waals surface area contributed by atoms with E-state index in [0.29, 0.717) is 12.4 Å². The first-order chi connectivity index (χ1) is 10.3. The van der Waals surface area contributed by atoms with Crippen LogP contribution in [0.2, 0.25) is 0 Å². The van der Waals surface area contributed by atoms with Crippen molar-refractivity contribution in [2.75, 3.05) is 13.7 Å². The van der Waals surface area contributed by atoms with Crippen LogP contribution < -0.4 is 14.8 Å². The fraction of sp³-hybridized carbons (Fsp3) is 0.294. The van der Waals surface area contributed by atoms with Crippen LogP contribution in [-0.4, -0.2) is 18.8 Å². The molecular formula is C17H19NO3. The number of hydrogen-bond donors (Lipinski definition) is 2. The van der Waals surface area contributed by atoms with Gasteiger partial charge in [-0.2, -0.15) is 0 Å². The average molecular weight is 285 g/mol. The first kappa shape index (κ1) is 13.8. The summed E-state index contributed by atoms with van der Waals surface area (Å²) in [7, 11) is 1.67. The molecule has 21 heavy (non-hydrogen) atoms. The second kappa shape index (κ2) is 6.06. The molecule has 0 fully saturated rings. The van der Waals surface area contributed by atoms with E-state index in [0.717, 1.165) is 35.6 Å². The van der Waals surface area contributed by atoms with Gasteiger partial charge in [0.05, 0.1) is 13.7 Å². The minimum absolute atomic E-state index is 0.248. The van der Waals surface area contributed by atoms with Gasteiger partial charge in [0.25, 0.3) is 0 Å². The Morgan fingerprint density at radius 1 is 1.24 bits per heavy atom. The molecule has 1 atom stereocenters. The summed E-state index contributed by atoms with van der Waals surface area (Å²) in [6.45, 7) is 1.47. The van der Waals surface area contributed by atoms with E-state index < -0.39 is 0 Å². The minimum Gasteiger partial charge on any atom is -0.508 e. The molecule has 4 heteroatoms. The lowest BCUT2D eigenvalue weighted by molar-refractivity contribution is 0.251. The zero-order chi connectivity index (χ0) is 14.7. The van der Waals surface area contributed by atoms with E-state index in [1.165, 1.54) is 0 Å². The molecule has 0 aliphatic carbocycles. The average Bonchev–Trinajstić information content (AvgIpc) is 2.54. The second-order valence-corrected chi connectivity index (χ2v) is 5.14. The Bertz CT molecular complexity index is 610. The van der Waals surface area contributed by atoms with Crippen LogP contribution in [-0.2, 0) is 6.54 Å². The van der Waals surface area contributed by atoms with Crippen LogP contribution in [0.5, 0.6) is 17.2 Å². The molecule has 1 aliphatic heterocycles. The third-order valence-electron chi connectivity index (χ3n) is 3.75. The lowest BCUT2D eigenvalue weighted by Crippen LogP contribution is -2.26. The quantitative estimate of drug-likeness (QED) is 0.906. The van der Waals surface area contributed by atoms with Gasteiger partial charge in [-0.1, -0.05) is 12.1 Å². The van der Waals surface area contributed by atoms with E-state index in [1.54, 1.807) is 19.2 Å². The van der Waals surface area contributed by atoms with Gasteiger partial charge in [0.1, 0.15) is 17.2 Å². The molecule has 2 N–H and O–H groups in total. The first-order valence-corrected chi connectivity index (χ1v) is 7.08. The first-order valence-electron chi connectivity index (χ1n) is 7.08. The number of benzene rings is 2. The second-order valence-electron chi connectivity index (χ2n) is 5.14. The van der Waals surface area contributed by atoms with Gasteiger partial charge in [0.15, 0.2) is 0 Å². The molecule has 1 unspecified atom stereocenters. The maximum absolute atomic E-state index is 9.31. The Labute approximate surface area is 124 Å². The SMILES string of the molecule is COc1ccc2c(c1)C(NCc1ccc(O)cc1)CCO2. The molecule has 0 saturated carbocycles. The van der Waals surface area contributed by atoms with Crippen molar-refractivity contribution in [2.24, 2.45) is 0 Å². The van der Waals surface area contributed by atoms with Crippen LogP contribution in [0.1, 0.15) is 23.6 Å². The largest absolute Gasteiger partial charge is 0.508 e.